The van der Waals surface area contributed by atoms with Crippen LogP contribution in [-0.2, 0) is 9.84 Å². The Hall–Kier alpha value is -1.27. The summed E-state index contributed by atoms with van der Waals surface area (Å²) in [5.41, 5.74) is 0.680. The summed E-state index contributed by atoms with van der Waals surface area (Å²) in [7, 11) is -3.07. The van der Waals surface area contributed by atoms with E-state index in [0.717, 1.165) is 31.6 Å². The highest BCUT2D eigenvalue weighted by molar-refractivity contribution is 7.91. The van der Waals surface area contributed by atoms with Gasteiger partial charge in [-0.3, -0.25) is 4.79 Å². The zero-order valence-electron chi connectivity index (χ0n) is 13.8. The van der Waals surface area contributed by atoms with Gasteiger partial charge in [0.05, 0.1) is 27.6 Å². The lowest BCUT2D eigenvalue weighted by Crippen LogP contribution is -2.47. The highest BCUT2D eigenvalue weighted by atomic mass is 35.5. The van der Waals surface area contributed by atoms with E-state index in [0.29, 0.717) is 17.0 Å². The fourth-order valence-electron chi connectivity index (χ4n) is 3.49. The Bertz CT molecular complexity index is 744. The average molecular weight is 371 g/mol. The SMILES string of the molecule is C[C@@]1(NC(=O)c2cc(N3CCCCC3)ccc2Cl)CCS(=O)(=O)C1. The second-order valence-electron chi connectivity index (χ2n) is 7.07. The number of nitrogens with one attached hydrogen (secondary N) is 1. The lowest BCUT2D eigenvalue weighted by molar-refractivity contribution is 0.0915. The molecule has 0 bridgehead atoms. The van der Waals surface area contributed by atoms with Gasteiger partial charge in [-0.05, 0) is 50.8 Å². The highest BCUT2D eigenvalue weighted by Gasteiger charge is 2.39. The van der Waals surface area contributed by atoms with Crippen LogP contribution in [-0.4, -0.2) is 44.5 Å². The Kier molecular flexibility index (Phi) is 4.80. The van der Waals surface area contributed by atoms with Crippen molar-refractivity contribution in [1.82, 2.24) is 5.32 Å². The number of piperidine rings is 1. The smallest absolute Gasteiger partial charge is 0.253 e. The van der Waals surface area contributed by atoms with Gasteiger partial charge in [0, 0.05) is 18.8 Å². The van der Waals surface area contributed by atoms with Crippen molar-refractivity contribution in [2.24, 2.45) is 0 Å². The number of hydrogen-bond donors (Lipinski definition) is 1. The minimum Gasteiger partial charge on any atom is -0.372 e. The molecule has 5 nitrogen and oxygen atoms in total. The molecule has 2 aliphatic rings. The number of amides is 1. The molecule has 2 fully saturated rings. The number of halogens is 1. The highest BCUT2D eigenvalue weighted by Crippen LogP contribution is 2.28. The van der Waals surface area contributed by atoms with Crippen molar-refractivity contribution in [3.05, 3.63) is 28.8 Å². The summed E-state index contributed by atoms with van der Waals surface area (Å²) in [4.78, 5) is 14.9. The van der Waals surface area contributed by atoms with Gasteiger partial charge in [0.15, 0.2) is 9.84 Å². The van der Waals surface area contributed by atoms with Crippen LogP contribution in [0.5, 0.6) is 0 Å². The normalized spacial score (nSPS) is 26.3. The molecular weight excluding hydrogens is 348 g/mol. The van der Waals surface area contributed by atoms with Crippen molar-refractivity contribution in [2.75, 3.05) is 29.5 Å². The molecule has 0 saturated carbocycles. The Morgan fingerprint density at radius 3 is 2.58 bits per heavy atom. The zero-order chi connectivity index (χ0) is 17.4. The molecule has 1 aromatic rings. The Balaban J connectivity index is 1.79. The number of benzene rings is 1. The fourth-order valence-corrected chi connectivity index (χ4v) is 5.78. The predicted octanol–water partition coefficient (Wildman–Crippen LogP) is 2.64. The molecule has 24 heavy (non-hydrogen) atoms. The van der Waals surface area contributed by atoms with Gasteiger partial charge in [-0.15, -0.1) is 0 Å². The summed E-state index contributed by atoms with van der Waals surface area (Å²) in [5.74, 6) is -0.209. The van der Waals surface area contributed by atoms with E-state index in [9.17, 15) is 13.2 Å². The number of sulfone groups is 1. The second-order valence-corrected chi connectivity index (χ2v) is 9.66. The number of hydrogen-bond acceptors (Lipinski definition) is 4. The minimum absolute atomic E-state index is 0.0187. The van der Waals surface area contributed by atoms with E-state index in [4.69, 9.17) is 11.6 Å². The molecule has 2 saturated heterocycles. The Morgan fingerprint density at radius 2 is 1.96 bits per heavy atom. The molecule has 1 amide bonds. The van der Waals surface area contributed by atoms with Gasteiger partial charge in [0.1, 0.15) is 0 Å². The van der Waals surface area contributed by atoms with Crippen LogP contribution in [0.2, 0.25) is 5.02 Å². The number of carbonyl (C=O) groups excluding carboxylic acids is 1. The Morgan fingerprint density at radius 1 is 1.25 bits per heavy atom. The van der Waals surface area contributed by atoms with Crippen LogP contribution in [0.4, 0.5) is 5.69 Å². The van der Waals surface area contributed by atoms with E-state index in [2.05, 4.69) is 10.2 Å². The van der Waals surface area contributed by atoms with E-state index in [-0.39, 0.29) is 17.4 Å². The standard InChI is InChI=1S/C17H23ClN2O3S/c1-17(7-10-24(22,23)12-17)19-16(21)14-11-13(5-6-15(14)18)20-8-3-2-4-9-20/h5-6,11H,2-4,7-10,12H2,1H3,(H,19,21)/t17-/m1/s1. The number of anilines is 1. The van der Waals surface area contributed by atoms with E-state index < -0.39 is 15.4 Å². The van der Waals surface area contributed by atoms with Crippen molar-refractivity contribution >= 4 is 33.0 Å². The van der Waals surface area contributed by atoms with Gasteiger partial charge in [-0.25, -0.2) is 8.42 Å². The quantitative estimate of drug-likeness (QED) is 0.888. The third-order valence-corrected chi connectivity index (χ3v) is 7.07. The van der Waals surface area contributed by atoms with Gasteiger partial charge in [-0.2, -0.15) is 0 Å². The largest absolute Gasteiger partial charge is 0.372 e. The van der Waals surface area contributed by atoms with Crippen LogP contribution in [0.25, 0.3) is 0 Å². The molecule has 1 aromatic carbocycles. The predicted molar refractivity (Wildman–Crippen MR) is 96.7 cm³/mol. The molecule has 0 aliphatic carbocycles. The molecular formula is C17H23ClN2O3S. The maximum atomic E-state index is 12.7. The van der Waals surface area contributed by atoms with Crippen molar-refractivity contribution < 1.29 is 13.2 Å². The topological polar surface area (TPSA) is 66.5 Å². The van der Waals surface area contributed by atoms with Crippen LogP contribution < -0.4 is 10.2 Å². The summed E-state index contributed by atoms with van der Waals surface area (Å²) in [6.45, 7) is 3.75. The zero-order valence-corrected chi connectivity index (χ0v) is 15.4. The minimum atomic E-state index is -3.07. The second kappa shape index (κ2) is 6.56. The molecule has 0 radical (unpaired) electrons. The lowest BCUT2D eigenvalue weighted by Gasteiger charge is -2.29. The first kappa shape index (κ1) is 17.5. The number of carbonyl (C=O) groups is 1. The van der Waals surface area contributed by atoms with Crippen molar-refractivity contribution in [1.29, 1.82) is 0 Å². The molecule has 1 N–H and O–H groups in total. The van der Waals surface area contributed by atoms with Crippen molar-refractivity contribution in [3.63, 3.8) is 0 Å². The van der Waals surface area contributed by atoms with Crippen molar-refractivity contribution in [3.8, 4) is 0 Å². The van der Waals surface area contributed by atoms with E-state index in [1.165, 1.54) is 6.42 Å². The molecule has 0 unspecified atom stereocenters. The summed E-state index contributed by atoms with van der Waals surface area (Å²) in [5, 5.41) is 3.26. The average Bonchev–Trinajstić information content (AvgIpc) is 2.81. The number of nitrogens with zero attached hydrogens (tertiary/aromatic N) is 1. The van der Waals surface area contributed by atoms with Crippen LogP contribution in [0.1, 0.15) is 43.0 Å². The van der Waals surface area contributed by atoms with E-state index in [1.54, 1.807) is 13.0 Å². The van der Waals surface area contributed by atoms with Crippen LogP contribution >= 0.6 is 11.6 Å². The van der Waals surface area contributed by atoms with E-state index >= 15 is 0 Å². The van der Waals surface area contributed by atoms with Gasteiger partial charge in [0.25, 0.3) is 5.91 Å². The molecule has 0 aromatic heterocycles. The molecule has 2 heterocycles. The van der Waals surface area contributed by atoms with Gasteiger partial charge in [0.2, 0.25) is 0 Å². The lowest BCUT2D eigenvalue weighted by atomic mass is 10.0. The summed E-state index contributed by atoms with van der Waals surface area (Å²) in [6, 6.07) is 5.50. The summed E-state index contributed by atoms with van der Waals surface area (Å²) >= 11 is 6.22. The van der Waals surface area contributed by atoms with Gasteiger partial charge in [-0.1, -0.05) is 11.6 Å². The first-order valence-corrected chi connectivity index (χ1v) is 10.6. The molecule has 3 rings (SSSR count). The summed E-state index contributed by atoms with van der Waals surface area (Å²) < 4.78 is 23.4. The molecule has 7 heteroatoms. The fraction of sp³-hybridized carbons (Fsp3) is 0.588. The third-order valence-electron chi connectivity index (χ3n) is 4.83. The first-order chi connectivity index (χ1) is 11.3. The molecule has 2 aliphatic heterocycles. The molecule has 0 spiro atoms. The van der Waals surface area contributed by atoms with Crippen LogP contribution in [0.3, 0.4) is 0 Å². The number of rotatable bonds is 3. The van der Waals surface area contributed by atoms with E-state index in [1.807, 2.05) is 12.1 Å². The Labute approximate surface area is 148 Å². The van der Waals surface area contributed by atoms with Crippen LogP contribution in [0, 0.1) is 0 Å². The van der Waals surface area contributed by atoms with Crippen molar-refractivity contribution in [2.45, 2.75) is 38.1 Å². The van der Waals surface area contributed by atoms with Gasteiger partial charge < -0.3 is 10.2 Å². The summed E-state index contributed by atoms with van der Waals surface area (Å²) in [6.07, 6.45) is 3.98. The van der Waals surface area contributed by atoms with Gasteiger partial charge >= 0.3 is 0 Å². The molecule has 132 valence electrons. The third kappa shape index (κ3) is 3.86. The first-order valence-electron chi connectivity index (χ1n) is 8.35. The molecule has 1 atom stereocenters. The monoisotopic (exact) mass is 370 g/mol. The van der Waals surface area contributed by atoms with Crippen LogP contribution in [0.15, 0.2) is 18.2 Å². The maximum absolute atomic E-state index is 12.7. The maximum Gasteiger partial charge on any atom is 0.253 e.